The summed E-state index contributed by atoms with van der Waals surface area (Å²) in [7, 11) is 0. The van der Waals surface area contributed by atoms with Crippen LogP contribution in [0.5, 0.6) is 0 Å². The van der Waals surface area contributed by atoms with E-state index in [2.05, 4.69) is 0 Å². The molecule has 1 N–H and O–H groups in total. The second kappa shape index (κ2) is 7.53. The van der Waals surface area contributed by atoms with Gasteiger partial charge < -0.3 is 10.0 Å². The van der Waals surface area contributed by atoms with Gasteiger partial charge >= 0.3 is 5.97 Å². The van der Waals surface area contributed by atoms with Crippen molar-refractivity contribution in [2.45, 2.75) is 38.5 Å². The maximum absolute atomic E-state index is 11.1. The molecule has 0 aliphatic heterocycles. The number of halogens is 1. The van der Waals surface area contributed by atoms with Crippen LogP contribution in [-0.4, -0.2) is 24.2 Å². The van der Waals surface area contributed by atoms with Crippen molar-refractivity contribution < 1.29 is 9.90 Å². The van der Waals surface area contributed by atoms with E-state index in [-0.39, 0.29) is 6.54 Å². The summed E-state index contributed by atoms with van der Waals surface area (Å²) in [5, 5.41) is 9.78. The zero-order chi connectivity index (χ0) is 14.4. The molecule has 0 spiro atoms. The molecule has 1 aromatic rings. The Bertz CT molecular complexity index is 442. The Morgan fingerprint density at radius 2 is 1.95 bits per heavy atom. The summed E-state index contributed by atoms with van der Waals surface area (Å²) in [4.78, 5) is 13.1. The molecule has 0 amide bonds. The molecule has 20 heavy (non-hydrogen) atoms. The fraction of sp³-hybridized carbons (Fsp3) is 0.562. The van der Waals surface area contributed by atoms with E-state index in [1.807, 2.05) is 29.2 Å². The number of carboxylic acid groups (broad SMARTS) is 1. The van der Waals surface area contributed by atoms with Gasteiger partial charge in [-0.25, -0.2) is 0 Å². The minimum atomic E-state index is -0.793. The van der Waals surface area contributed by atoms with Crippen molar-refractivity contribution in [2.75, 3.05) is 18.0 Å². The summed E-state index contributed by atoms with van der Waals surface area (Å²) in [6, 6.07) is 7.47. The predicted molar refractivity (Wildman–Crippen MR) is 82.5 cm³/mol. The maximum atomic E-state index is 11.1. The summed E-state index contributed by atoms with van der Waals surface area (Å²) in [6.07, 6.45) is 7.56. The van der Waals surface area contributed by atoms with E-state index in [9.17, 15) is 4.79 Å². The van der Waals surface area contributed by atoms with Gasteiger partial charge in [-0.3, -0.25) is 4.79 Å². The molecule has 0 unspecified atom stereocenters. The molecule has 1 aliphatic carbocycles. The number of carboxylic acids is 1. The van der Waals surface area contributed by atoms with Crippen molar-refractivity contribution >= 4 is 23.3 Å². The predicted octanol–water partition coefficient (Wildman–Crippen LogP) is 4.20. The second-order valence-corrected chi connectivity index (χ2v) is 6.05. The monoisotopic (exact) mass is 295 g/mol. The normalized spacial score (nSPS) is 16.6. The maximum Gasteiger partial charge on any atom is 0.323 e. The van der Waals surface area contributed by atoms with E-state index in [1.54, 1.807) is 0 Å². The molecule has 0 saturated heterocycles. The first kappa shape index (κ1) is 15.2. The molecule has 1 fully saturated rings. The number of carbonyl (C=O) groups is 1. The lowest BCUT2D eigenvalue weighted by Crippen LogP contribution is -2.34. The number of rotatable bonds is 5. The van der Waals surface area contributed by atoms with Crippen LogP contribution in [0.1, 0.15) is 38.5 Å². The zero-order valence-corrected chi connectivity index (χ0v) is 12.5. The largest absolute Gasteiger partial charge is 0.480 e. The minimum Gasteiger partial charge on any atom is -0.480 e. The molecule has 2 rings (SSSR count). The number of benzene rings is 1. The van der Waals surface area contributed by atoms with Gasteiger partial charge in [0.05, 0.1) is 0 Å². The van der Waals surface area contributed by atoms with Crippen LogP contribution >= 0.6 is 11.6 Å². The van der Waals surface area contributed by atoms with Gasteiger partial charge in [-0.2, -0.15) is 0 Å². The molecule has 0 aromatic heterocycles. The number of hydrogen-bond acceptors (Lipinski definition) is 2. The SMILES string of the molecule is O=C(O)CN(CC1CCCCCC1)c1cccc(Cl)c1. The van der Waals surface area contributed by atoms with Gasteiger partial charge in [0.25, 0.3) is 0 Å². The van der Waals surface area contributed by atoms with Gasteiger partial charge in [-0.05, 0) is 37.0 Å². The molecule has 110 valence electrons. The van der Waals surface area contributed by atoms with Crippen LogP contribution in [0, 0.1) is 5.92 Å². The number of nitrogens with zero attached hydrogens (tertiary/aromatic N) is 1. The Morgan fingerprint density at radius 3 is 2.55 bits per heavy atom. The molecule has 1 aromatic carbocycles. The van der Waals surface area contributed by atoms with Crippen LogP contribution in [0.15, 0.2) is 24.3 Å². The highest BCUT2D eigenvalue weighted by atomic mass is 35.5. The van der Waals surface area contributed by atoms with Crippen molar-refractivity contribution in [3.05, 3.63) is 29.3 Å². The molecule has 0 atom stereocenters. The van der Waals surface area contributed by atoms with Gasteiger partial charge in [-0.1, -0.05) is 43.4 Å². The van der Waals surface area contributed by atoms with E-state index in [1.165, 1.54) is 38.5 Å². The van der Waals surface area contributed by atoms with Gasteiger partial charge in [0.15, 0.2) is 0 Å². The summed E-state index contributed by atoms with van der Waals surface area (Å²) < 4.78 is 0. The Hall–Kier alpha value is -1.22. The number of anilines is 1. The summed E-state index contributed by atoms with van der Waals surface area (Å²) in [5.41, 5.74) is 0.907. The first-order chi connectivity index (χ1) is 9.65. The second-order valence-electron chi connectivity index (χ2n) is 5.61. The lowest BCUT2D eigenvalue weighted by atomic mass is 9.99. The van der Waals surface area contributed by atoms with E-state index < -0.39 is 5.97 Å². The van der Waals surface area contributed by atoms with Gasteiger partial charge in [0.2, 0.25) is 0 Å². The average molecular weight is 296 g/mol. The highest BCUT2D eigenvalue weighted by Gasteiger charge is 2.18. The lowest BCUT2D eigenvalue weighted by molar-refractivity contribution is -0.135. The fourth-order valence-electron chi connectivity index (χ4n) is 2.96. The third kappa shape index (κ3) is 4.71. The van der Waals surface area contributed by atoms with E-state index in [0.717, 1.165) is 12.2 Å². The molecule has 4 heteroatoms. The van der Waals surface area contributed by atoms with Crippen LogP contribution in [0.4, 0.5) is 5.69 Å². The lowest BCUT2D eigenvalue weighted by Gasteiger charge is -2.27. The molecule has 1 saturated carbocycles. The molecule has 3 nitrogen and oxygen atoms in total. The van der Waals surface area contributed by atoms with E-state index in [4.69, 9.17) is 16.7 Å². The molecular weight excluding hydrogens is 274 g/mol. The van der Waals surface area contributed by atoms with E-state index in [0.29, 0.717) is 10.9 Å². The minimum absolute atomic E-state index is 0.0385. The Labute approximate surface area is 125 Å². The third-order valence-corrected chi connectivity index (χ3v) is 4.19. The Balaban J connectivity index is 2.08. The smallest absolute Gasteiger partial charge is 0.323 e. The third-order valence-electron chi connectivity index (χ3n) is 3.95. The fourth-order valence-corrected chi connectivity index (χ4v) is 3.14. The molecular formula is C16H22ClNO2. The first-order valence-corrected chi connectivity index (χ1v) is 7.75. The van der Waals surface area contributed by atoms with Crippen LogP contribution in [0.2, 0.25) is 5.02 Å². The van der Waals surface area contributed by atoms with Crippen LogP contribution in [0.3, 0.4) is 0 Å². The van der Waals surface area contributed by atoms with Crippen molar-refractivity contribution in [1.29, 1.82) is 0 Å². The van der Waals surface area contributed by atoms with Crippen LogP contribution < -0.4 is 4.90 Å². The average Bonchev–Trinajstić information content (AvgIpc) is 2.66. The Kier molecular flexibility index (Phi) is 5.72. The quantitative estimate of drug-likeness (QED) is 0.828. The van der Waals surface area contributed by atoms with Crippen molar-refractivity contribution in [1.82, 2.24) is 0 Å². The molecule has 1 aliphatic rings. The first-order valence-electron chi connectivity index (χ1n) is 7.37. The van der Waals surface area contributed by atoms with Crippen LogP contribution in [-0.2, 0) is 4.79 Å². The van der Waals surface area contributed by atoms with E-state index >= 15 is 0 Å². The number of aliphatic carboxylic acids is 1. The summed E-state index contributed by atoms with van der Waals surface area (Å²) >= 11 is 6.02. The summed E-state index contributed by atoms with van der Waals surface area (Å²) in [5.74, 6) is -0.200. The van der Waals surface area contributed by atoms with Crippen molar-refractivity contribution in [3.63, 3.8) is 0 Å². The highest BCUT2D eigenvalue weighted by Crippen LogP contribution is 2.26. The standard InChI is InChI=1S/C16H22ClNO2/c17-14-8-5-9-15(10-14)18(12-16(19)20)11-13-6-3-1-2-4-7-13/h5,8-10,13H,1-4,6-7,11-12H2,(H,19,20). The molecule has 0 bridgehead atoms. The Morgan fingerprint density at radius 1 is 1.25 bits per heavy atom. The highest BCUT2D eigenvalue weighted by molar-refractivity contribution is 6.30. The van der Waals surface area contributed by atoms with Gasteiger partial charge in [-0.15, -0.1) is 0 Å². The van der Waals surface area contributed by atoms with Gasteiger partial charge in [0, 0.05) is 17.3 Å². The summed E-state index contributed by atoms with van der Waals surface area (Å²) in [6.45, 7) is 0.851. The topological polar surface area (TPSA) is 40.5 Å². The molecule has 0 radical (unpaired) electrons. The van der Waals surface area contributed by atoms with Crippen LogP contribution in [0.25, 0.3) is 0 Å². The zero-order valence-electron chi connectivity index (χ0n) is 11.7. The van der Waals surface area contributed by atoms with Gasteiger partial charge in [0.1, 0.15) is 6.54 Å². The van der Waals surface area contributed by atoms with Crippen molar-refractivity contribution in [3.8, 4) is 0 Å². The molecule has 0 heterocycles. The van der Waals surface area contributed by atoms with Crippen molar-refractivity contribution in [2.24, 2.45) is 5.92 Å². The number of hydrogen-bond donors (Lipinski definition) is 1.